The van der Waals surface area contributed by atoms with Gasteiger partial charge in [0.1, 0.15) is 4.88 Å². The Morgan fingerprint density at radius 1 is 1.33 bits per heavy atom. The fourth-order valence-electron chi connectivity index (χ4n) is 5.74. The number of carbonyl (C=O) groups excluding carboxylic acids is 2. The van der Waals surface area contributed by atoms with Gasteiger partial charge in [0.15, 0.2) is 0 Å². The molecule has 1 amide bonds. The van der Waals surface area contributed by atoms with Crippen molar-refractivity contribution in [2.75, 3.05) is 12.4 Å². The molecule has 0 saturated heterocycles. The lowest BCUT2D eigenvalue weighted by Gasteiger charge is -2.60. The van der Waals surface area contributed by atoms with Gasteiger partial charge < -0.3 is 10.1 Å². The maximum Gasteiger partial charge on any atom is 0.350 e. The fourth-order valence-corrected chi connectivity index (χ4v) is 8.01. The topological polar surface area (TPSA) is 55.4 Å². The van der Waals surface area contributed by atoms with E-state index in [1.807, 2.05) is 0 Å². The standard InChI is InChI=1S/C18H22BrNO3S/c1-23-16(22)15-13(2-3-24-15)20-14(21)9-17-5-11-4-12(6-17)8-18(19,7-11)10-17/h2-3,11-12H,4-10H2,1H3,(H,20,21)/t11-,12-,17?,18?/m1/s1. The van der Waals surface area contributed by atoms with Crippen LogP contribution in [0.5, 0.6) is 0 Å². The van der Waals surface area contributed by atoms with Crippen molar-refractivity contribution in [2.24, 2.45) is 17.3 Å². The molecule has 1 aromatic rings. The van der Waals surface area contributed by atoms with Gasteiger partial charge in [-0.25, -0.2) is 4.79 Å². The Labute approximate surface area is 154 Å². The van der Waals surface area contributed by atoms with Crippen LogP contribution in [0.1, 0.15) is 54.6 Å². The number of thiophene rings is 1. The summed E-state index contributed by atoms with van der Waals surface area (Å²) in [6, 6.07) is 1.78. The number of ether oxygens (including phenoxy) is 1. The minimum atomic E-state index is -0.394. The summed E-state index contributed by atoms with van der Waals surface area (Å²) in [7, 11) is 1.36. The summed E-state index contributed by atoms with van der Waals surface area (Å²) in [4.78, 5) is 24.9. The van der Waals surface area contributed by atoms with E-state index in [1.54, 1.807) is 11.4 Å². The van der Waals surface area contributed by atoms with Gasteiger partial charge in [0.05, 0.1) is 12.8 Å². The van der Waals surface area contributed by atoms with Crippen LogP contribution in [0.2, 0.25) is 0 Å². The third-order valence-corrected chi connectivity index (χ3v) is 7.78. The number of nitrogens with one attached hydrogen (secondary N) is 1. The van der Waals surface area contributed by atoms with E-state index < -0.39 is 5.97 Å². The minimum Gasteiger partial charge on any atom is -0.465 e. The number of carbonyl (C=O) groups is 2. The van der Waals surface area contributed by atoms with Crippen molar-refractivity contribution in [1.29, 1.82) is 0 Å². The van der Waals surface area contributed by atoms with Crippen LogP contribution in [0, 0.1) is 17.3 Å². The first-order valence-corrected chi connectivity index (χ1v) is 10.2. The monoisotopic (exact) mass is 411 g/mol. The number of methoxy groups -OCH3 is 1. The molecule has 1 N–H and O–H groups in total. The summed E-state index contributed by atoms with van der Waals surface area (Å²) in [5.41, 5.74) is 0.717. The summed E-state index contributed by atoms with van der Waals surface area (Å²) in [6.07, 6.45) is 7.90. The molecule has 1 heterocycles. The van der Waals surface area contributed by atoms with E-state index >= 15 is 0 Å². The molecule has 4 aliphatic rings. The molecule has 0 aromatic carbocycles. The molecule has 2 atom stereocenters. The van der Waals surface area contributed by atoms with Crippen LogP contribution >= 0.6 is 27.3 Å². The summed E-state index contributed by atoms with van der Waals surface area (Å²) in [5.74, 6) is 1.17. The Balaban J connectivity index is 1.47. The van der Waals surface area contributed by atoms with Crippen molar-refractivity contribution in [3.8, 4) is 0 Å². The maximum atomic E-state index is 12.7. The second kappa shape index (κ2) is 5.84. The third kappa shape index (κ3) is 2.92. The predicted octanol–water partition coefficient (Wildman–Crippen LogP) is 4.60. The summed E-state index contributed by atoms with van der Waals surface area (Å²) < 4.78 is 5.04. The van der Waals surface area contributed by atoms with Crippen LogP contribution in [0.3, 0.4) is 0 Å². The first-order chi connectivity index (χ1) is 11.4. The van der Waals surface area contributed by atoms with E-state index in [1.165, 1.54) is 50.6 Å². The molecular weight excluding hydrogens is 390 g/mol. The first kappa shape index (κ1) is 16.6. The van der Waals surface area contributed by atoms with Crippen LogP contribution in [-0.4, -0.2) is 23.3 Å². The lowest BCUT2D eigenvalue weighted by molar-refractivity contribution is -0.123. The van der Waals surface area contributed by atoms with E-state index in [-0.39, 0.29) is 15.6 Å². The zero-order valence-electron chi connectivity index (χ0n) is 13.8. The van der Waals surface area contributed by atoms with Crippen LogP contribution in [0.4, 0.5) is 5.69 Å². The molecule has 1 aromatic heterocycles. The quantitative estimate of drug-likeness (QED) is 0.581. The van der Waals surface area contributed by atoms with Crippen LogP contribution in [0.25, 0.3) is 0 Å². The van der Waals surface area contributed by atoms with Crippen LogP contribution in [0.15, 0.2) is 11.4 Å². The van der Waals surface area contributed by atoms with Gasteiger partial charge >= 0.3 is 5.97 Å². The summed E-state index contributed by atoms with van der Waals surface area (Å²) >= 11 is 5.29. The lowest BCUT2D eigenvalue weighted by Crippen LogP contribution is -2.53. The molecule has 5 rings (SSSR count). The van der Waals surface area contributed by atoms with Gasteiger partial charge in [-0.15, -0.1) is 11.3 Å². The highest BCUT2D eigenvalue weighted by Crippen LogP contribution is 2.65. The molecule has 0 unspecified atom stereocenters. The van der Waals surface area contributed by atoms with E-state index in [0.717, 1.165) is 18.3 Å². The Morgan fingerprint density at radius 2 is 2.04 bits per heavy atom. The number of halogens is 1. The molecule has 0 spiro atoms. The second-order valence-corrected chi connectivity index (χ2v) is 10.6. The van der Waals surface area contributed by atoms with Crippen molar-refractivity contribution in [3.05, 3.63) is 16.3 Å². The number of hydrogen-bond acceptors (Lipinski definition) is 4. The van der Waals surface area contributed by atoms with Gasteiger partial charge in [0.2, 0.25) is 5.91 Å². The minimum absolute atomic E-state index is 0.0246. The number of hydrogen-bond donors (Lipinski definition) is 1. The highest BCUT2D eigenvalue weighted by atomic mass is 79.9. The van der Waals surface area contributed by atoms with Gasteiger partial charge in [0, 0.05) is 10.7 Å². The molecule has 4 aliphatic carbocycles. The molecule has 4 nitrogen and oxygen atoms in total. The molecule has 4 fully saturated rings. The third-order valence-electron chi connectivity index (χ3n) is 5.96. The average Bonchev–Trinajstić information content (AvgIpc) is 2.91. The molecule has 4 saturated carbocycles. The van der Waals surface area contributed by atoms with Gasteiger partial charge in [-0.2, -0.15) is 0 Å². The number of rotatable bonds is 4. The fraction of sp³-hybridized carbons (Fsp3) is 0.667. The van der Waals surface area contributed by atoms with E-state index in [9.17, 15) is 9.59 Å². The summed E-state index contributed by atoms with van der Waals surface area (Å²) in [5, 5.41) is 4.75. The first-order valence-electron chi connectivity index (χ1n) is 8.55. The Kier molecular flexibility index (Phi) is 4.03. The smallest absolute Gasteiger partial charge is 0.350 e. The molecule has 0 aliphatic heterocycles. The van der Waals surface area contributed by atoms with Crippen molar-refractivity contribution >= 4 is 44.8 Å². The van der Waals surface area contributed by atoms with Gasteiger partial charge in [0.25, 0.3) is 0 Å². The van der Waals surface area contributed by atoms with Gasteiger partial charge in [-0.3, -0.25) is 4.79 Å². The zero-order valence-corrected chi connectivity index (χ0v) is 16.2. The molecule has 6 heteroatoms. The van der Waals surface area contributed by atoms with Crippen molar-refractivity contribution in [3.63, 3.8) is 0 Å². The number of anilines is 1. The Bertz CT molecular complexity index is 672. The average molecular weight is 412 g/mol. The maximum absolute atomic E-state index is 12.7. The summed E-state index contributed by atoms with van der Waals surface area (Å²) in [6.45, 7) is 0. The lowest BCUT2D eigenvalue weighted by atomic mass is 9.48. The zero-order chi connectivity index (χ0) is 16.9. The van der Waals surface area contributed by atoms with Crippen molar-refractivity contribution in [2.45, 2.75) is 49.3 Å². The Hall–Kier alpha value is -0.880. The SMILES string of the molecule is COC(=O)c1sccc1NC(=O)CC12C[C@H]3C[C@@H](CC(Br)(C3)C1)C2. The van der Waals surface area contributed by atoms with Crippen LogP contribution in [-0.2, 0) is 9.53 Å². The normalized spacial score (nSPS) is 36.6. The highest BCUT2D eigenvalue weighted by molar-refractivity contribution is 9.10. The highest BCUT2D eigenvalue weighted by Gasteiger charge is 2.57. The molecule has 130 valence electrons. The van der Waals surface area contributed by atoms with E-state index in [2.05, 4.69) is 21.2 Å². The van der Waals surface area contributed by atoms with Crippen molar-refractivity contribution in [1.82, 2.24) is 0 Å². The largest absolute Gasteiger partial charge is 0.465 e. The second-order valence-electron chi connectivity index (χ2n) is 7.99. The molecule has 4 bridgehead atoms. The predicted molar refractivity (Wildman–Crippen MR) is 97.7 cm³/mol. The Morgan fingerprint density at radius 3 is 2.67 bits per heavy atom. The van der Waals surface area contributed by atoms with Gasteiger partial charge in [-0.05, 0) is 67.2 Å². The number of amides is 1. The molecular formula is C18H22BrNO3S. The molecule has 24 heavy (non-hydrogen) atoms. The van der Waals surface area contributed by atoms with E-state index in [4.69, 9.17) is 4.74 Å². The van der Waals surface area contributed by atoms with Gasteiger partial charge in [-0.1, -0.05) is 15.9 Å². The van der Waals surface area contributed by atoms with Crippen LogP contribution < -0.4 is 5.32 Å². The van der Waals surface area contributed by atoms with E-state index in [0.29, 0.717) is 17.0 Å². The van der Waals surface area contributed by atoms with Crippen molar-refractivity contribution < 1.29 is 14.3 Å². The number of alkyl halides is 1. The number of esters is 1. The molecule has 0 radical (unpaired) electrons.